The second kappa shape index (κ2) is 5.25. The maximum Gasteiger partial charge on any atom is 0.335 e. The molecule has 1 atom stereocenters. The summed E-state index contributed by atoms with van der Waals surface area (Å²) in [7, 11) is 4.22. The summed E-state index contributed by atoms with van der Waals surface area (Å²) in [5.41, 5.74) is -2.68. The lowest BCUT2D eigenvalue weighted by Gasteiger charge is -2.43. The number of nitrogens with zero attached hydrogens (tertiary/aromatic N) is 1. The summed E-state index contributed by atoms with van der Waals surface area (Å²) in [6.45, 7) is 1.53. The summed E-state index contributed by atoms with van der Waals surface area (Å²) < 4.78 is 16.5. The molecule has 0 aliphatic rings. The number of H-pyrrole nitrogens is 2. The molecular formula is C9H17N3O6Si. The van der Waals surface area contributed by atoms with Gasteiger partial charge in [-0.15, -0.1) is 0 Å². The average Bonchev–Trinajstić information content (AvgIpc) is 2.36. The summed E-state index contributed by atoms with van der Waals surface area (Å²) in [6.07, 6.45) is 0. The van der Waals surface area contributed by atoms with Crippen LogP contribution in [0.5, 0.6) is 0 Å². The Hall–Kier alpha value is -1.49. The van der Waals surface area contributed by atoms with Crippen molar-refractivity contribution in [2.45, 2.75) is 18.1 Å². The van der Waals surface area contributed by atoms with E-state index in [1.54, 1.807) is 0 Å². The van der Waals surface area contributed by atoms with E-state index in [2.05, 4.69) is 0 Å². The fourth-order valence-electron chi connectivity index (χ4n) is 1.76. The average molecular weight is 291 g/mol. The summed E-state index contributed by atoms with van der Waals surface area (Å²) in [5.74, 6) is -1.37. The fourth-order valence-corrected chi connectivity index (χ4v) is 2.57. The van der Waals surface area contributed by atoms with E-state index in [-0.39, 0.29) is 10.2 Å². The lowest BCUT2D eigenvalue weighted by atomic mass is 10.2. The second-order valence-electron chi connectivity index (χ2n) is 4.07. The topological polar surface area (TPSA) is 115 Å². The SMILES string of the molecule is COC(C)(OC)C([SiH3])(OC)n1c(=O)[nH]c(=O)[nH]c1=O. The van der Waals surface area contributed by atoms with Crippen molar-refractivity contribution in [3.8, 4) is 0 Å². The van der Waals surface area contributed by atoms with Crippen molar-refractivity contribution in [3.05, 3.63) is 31.5 Å². The highest BCUT2D eigenvalue weighted by Gasteiger charge is 2.49. The first-order valence-electron chi connectivity index (χ1n) is 5.37. The Morgan fingerprint density at radius 3 is 1.74 bits per heavy atom. The van der Waals surface area contributed by atoms with Gasteiger partial charge in [0.2, 0.25) is 5.79 Å². The molecule has 1 aromatic rings. The predicted octanol–water partition coefficient (Wildman–Crippen LogP) is -3.14. The van der Waals surface area contributed by atoms with E-state index in [1.165, 1.54) is 28.3 Å². The number of rotatable bonds is 5. The molecule has 2 N–H and O–H groups in total. The van der Waals surface area contributed by atoms with Crippen molar-refractivity contribution >= 4 is 10.2 Å². The van der Waals surface area contributed by atoms with Crippen LogP contribution in [0.25, 0.3) is 0 Å². The van der Waals surface area contributed by atoms with Crippen LogP contribution < -0.4 is 17.1 Å². The zero-order valence-electron chi connectivity index (χ0n) is 11.4. The number of ether oxygens (including phenoxy) is 3. The van der Waals surface area contributed by atoms with Crippen LogP contribution in [0.3, 0.4) is 0 Å². The smallest absolute Gasteiger partial charge is 0.335 e. The minimum Gasteiger partial charge on any atom is -0.357 e. The Labute approximate surface area is 110 Å². The van der Waals surface area contributed by atoms with Gasteiger partial charge in [0.1, 0.15) is 0 Å². The Morgan fingerprint density at radius 1 is 1.00 bits per heavy atom. The molecule has 1 unspecified atom stereocenters. The number of nitrogens with one attached hydrogen (secondary N) is 2. The van der Waals surface area contributed by atoms with E-state index in [0.29, 0.717) is 0 Å². The van der Waals surface area contributed by atoms with Crippen molar-refractivity contribution in [3.63, 3.8) is 0 Å². The van der Waals surface area contributed by atoms with E-state index in [9.17, 15) is 14.4 Å². The highest BCUT2D eigenvalue weighted by atomic mass is 28.1. The molecule has 0 saturated heterocycles. The van der Waals surface area contributed by atoms with Crippen LogP contribution in [0.1, 0.15) is 6.92 Å². The standard InChI is InChI=1S/C9H17N3O6Si/c1-8(16-2,17-3)9(19,18-4)12-6(14)10-5(13)11-7(12)15/h1-4,19H3,(H2,10,11,13,14,15). The van der Waals surface area contributed by atoms with Gasteiger partial charge in [0.05, 0.1) is 10.2 Å². The van der Waals surface area contributed by atoms with Crippen molar-refractivity contribution in [1.29, 1.82) is 0 Å². The summed E-state index contributed by atoms with van der Waals surface area (Å²) in [6, 6.07) is 0. The molecule has 0 aromatic carbocycles. The molecule has 1 aromatic heterocycles. The molecule has 0 bridgehead atoms. The van der Waals surface area contributed by atoms with Gasteiger partial charge in [0, 0.05) is 21.3 Å². The maximum atomic E-state index is 11.9. The number of aromatic amines is 2. The van der Waals surface area contributed by atoms with E-state index in [0.717, 1.165) is 4.57 Å². The Morgan fingerprint density at radius 2 is 1.42 bits per heavy atom. The first kappa shape index (κ1) is 15.6. The summed E-state index contributed by atoms with van der Waals surface area (Å²) >= 11 is 0. The molecule has 0 spiro atoms. The first-order valence-corrected chi connectivity index (χ1v) is 6.37. The van der Waals surface area contributed by atoms with Crippen LogP contribution in [-0.4, -0.2) is 51.9 Å². The molecule has 0 radical (unpaired) electrons. The third kappa shape index (κ3) is 2.34. The highest BCUT2D eigenvalue weighted by molar-refractivity contribution is 6.13. The molecule has 19 heavy (non-hydrogen) atoms. The van der Waals surface area contributed by atoms with E-state index < -0.39 is 28.2 Å². The monoisotopic (exact) mass is 291 g/mol. The molecule has 1 heterocycles. The molecule has 108 valence electrons. The van der Waals surface area contributed by atoms with Crippen LogP contribution in [-0.2, 0) is 19.6 Å². The van der Waals surface area contributed by atoms with Gasteiger partial charge in [0.15, 0.2) is 5.35 Å². The van der Waals surface area contributed by atoms with Gasteiger partial charge in [-0.2, -0.15) is 0 Å². The van der Waals surface area contributed by atoms with Crippen LogP contribution in [0.4, 0.5) is 0 Å². The van der Waals surface area contributed by atoms with Gasteiger partial charge in [-0.3, -0.25) is 9.97 Å². The van der Waals surface area contributed by atoms with E-state index in [1.807, 2.05) is 9.97 Å². The van der Waals surface area contributed by atoms with Crippen molar-refractivity contribution in [2.75, 3.05) is 21.3 Å². The predicted molar refractivity (Wildman–Crippen MR) is 69.3 cm³/mol. The Bertz CT molecular complexity index is 581. The maximum absolute atomic E-state index is 11.9. The third-order valence-electron chi connectivity index (χ3n) is 3.29. The quantitative estimate of drug-likeness (QED) is 0.437. The Balaban J connectivity index is 3.69. The largest absolute Gasteiger partial charge is 0.357 e. The molecular weight excluding hydrogens is 274 g/mol. The van der Waals surface area contributed by atoms with Gasteiger partial charge in [-0.05, 0) is 6.92 Å². The second-order valence-corrected chi connectivity index (χ2v) is 5.42. The van der Waals surface area contributed by atoms with Crippen LogP contribution in [0.2, 0.25) is 0 Å². The molecule has 0 saturated carbocycles. The highest BCUT2D eigenvalue weighted by Crippen LogP contribution is 2.29. The zero-order valence-corrected chi connectivity index (χ0v) is 13.4. The minimum atomic E-state index is -1.45. The van der Waals surface area contributed by atoms with E-state index >= 15 is 0 Å². The Kier molecular flexibility index (Phi) is 4.30. The van der Waals surface area contributed by atoms with Crippen molar-refractivity contribution < 1.29 is 14.2 Å². The summed E-state index contributed by atoms with van der Waals surface area (Å²) in [4.78, 5) is 38.7. The third-order valence-corrected chi connectivity index (χ3v) is 5.06. The van der Waals surface area contributed by atoms with Gasteiger partial charge >= 0.3 is 17.1 Å². The van der Waals surface area contributed by atoms with Crippen LogP contribution >= 0.6 is 0 Å². The number of hydrogen-bond donors (Lipinski definition) is 2. The van der Waals surface area contributed by atoms with Crippen molar-refractivity contribution in [1.82, 2.24) is 14.5 Å². The van der Waals surface area contributed by atoms with Crippen LogP contribution in [0, 0.1) is 0 Å². The van der Waals surface area contributed by atoms with E-state index in [4.69, 9.17) is 14.2 Å². The molecule has 0 aliphatic carbocycles. The lowest BCUT2D eigenvalue weighted by molar-refractivity contribution is -0.299. The zero-order chi connectivity index (χ0) is 14.8. The van der Waals surface area contributed by atoms with Crippen molar-refractivity contribution in [2.24, 2.45) is 0 Å². The molecule has 0 aliphatic heterocycles. The van der Waals surface area contributed by atoms with Gasteiger partial charge in [0.25, 0.3) is 0 Å². The molecule has 1 rings (SSSR count). The van der Waals surface area contributed by atoms with Gasteiger partial charge < -0.3 is 14.2 Å². The normalized spacial score (nSPS) is 15.4. The fraction of sp³-hybridized carbons (Fsp3) is 0.667. The number of methoxy groups -OCH3 is 3. The minimum absolute atomic E-state index is 0.177. The van der Waals surface area contributed by atoms with Gasteiger partial charge in [-0.25, -0.2) is 19.0 Å². The molecule has 0 fully saturated rings. The number of aromatic nitrogens is 3. The number of hydrogen-bond acceptors (Lipinski definition) is 6. The van der Waals surface area contributed by atoms with Gasteiger partial charge in [-0.1, -0.05) is 0 Å². The molecule has 0 amide bonds. The molecule has 9 nitrogen and oxygen atoms in total. The summed E-state index contributed by atoms with van der Waals surface area (Å²) in [5, 5.41) is -1.45. The first-order chi connectivity index (χ1) is 8.75. The molecule has 10 heteroatoms. The van der Waals surface area contributed by atoms with Crippen LogP contribution in [0.15, 0.2) is 14.4 Å². The lowest BCUT2D eigenvalue weighted by Crippen LogP contribution is -2.65.